The zero-order valence-corrected chi connectivity index (χ0v) is 8.41. The Morgan fingerprint density at radius 2 is 2.17 bits per heavy atom. The fourth-order valence-corrected chi connectivity index (χ4v) is 1.31. The predicted molar refractivity (Wildman–Crippen MR) is 54.9 cm³/mol. The van der Waals surface area contributed by atoms with Crippen molar-refractivity contribution in [2.75, 3.05) is 0 Å². The molecule has 0 spiro atoms. The fraction of sp³-hybridized carbons (Fsp3) is 0.200. The molecule has 0 nitrogen and oxygen atoms in total. The van der Waals surface area contributed by atoms with E-state index in [1.807, 2.05) is 25.1 Å². The number of halogens is 2. The minimum absolute atomic E-state index is 0.650. The normalized spacial score (nSPS) is 9.92. The quantitative estimate of drug-likeness (QED) is 0.679. The van der Waals surface area contributed by atoms with Gasteiger partial charge in [0.1, 0.15) is 0 Å². The molecule has 0 aliphatic carbocycles. The molecule has 64 valence electrons. The number of hydrogen-bond donors (Lipinski definition) is 0. The first-order valence-electron chi connectivity index (χ1n) is 3.68. The van der Waals surface area contributed by atoms with Gasteiger partial charge in [0.2, 0.25) is 0 Å². The van der Waals surface area contributed by atoms with Crippen molar-refractivity contribution < 1.29 is 0 Å². The first-order chi connectivity index (χ1) is 5.59. The van der Waals surface area contributed by atoms with Crippen LogP contribution in [0.5, 0.6) is 0 Å². The van der Waals surface area contributed by atoms with Crippen LogP contribution in [-0.2, 0) is 6.42 Å². The van der Waals surface area contributed by atoms with Gasteiger partial charge in [-0.15, -0.1) is 0 Å². The van der Waals surface area contributed by atoms with Crippen LogP contribution in [0.25, 0.3) is 0 Å². The van der Waals surface area contributed by atoms with E-state index in [4.69, 9.17) is 23.2 Å². The highest BCUT2D eigenvalue weighted by atomic mass is 35.5. The smallest absolute Gasteiger partial charge is 0.0435 e. The third kappa shape index (κ3) is 2.54. The topological polar surface area (TPSA) is 0 Å². The van der Waals surface area contributed by atoms with Crippen LogP contribution in [-0.4, -0.2) is 0 Å². The Bertz CT molecular complexity index is 303. The van der Waals surface area contributed by atoms with Gasteiger partial charge in [-0.1, -0.05) is 41.9 Å². The summed E-state index contributed by atoms with van der Waals surface area (Å²) < 4.78 is 0. The Balaban J connectivity index is 2.89. The second-order valence-corrected chi connectivity index (χ2v) is 3.72. The molecular formula is C10H10Cl2. The average Bonchev–Trinajstić information content (AvgIpc) is 1.96. The lowest BCUT2D eigenvalue weighted by Crippen LogP contribution is -1.85. The van der Waals surface area contributed by atoms with E-state index in [2.05, 4.69) is 6.58 Å². The molecule has 0 saturated heterocycles. The van der Waals surface area contributed by atoms with Gasteiger partial charge in [0.15, 0.2) is 0 Å². The largest absolute Gasteiger partial charge is 0.0894 e. The molecule has 0 aliphatic rings. The van der Waals surface area contributed by atoms with E-state index in [0.29, 0.717) is 11.5 Å². The van der Waals surface area contributed by atoms with Crippen LogP contribution in [0.2, 0.25) is 5.02 Å². The Labute approximate surface area is 82.8 Å². The summed E-state index contributed by atoms with van der Waals surface area (Å²) in [6.07, 6.45) is 0.708. The molecule has 0 fully saturated rings. The van der Waals surface area contributed by atoms with Crippen molar-refractivity contribution in [2.45, 2.75) is 13.3 Å². The van der Waals surface area contributed by atoms with Crippen molar-refractivity contribution in [1.82, 2.24) is 0 Å². The van der Waals surface area contributed by atoms with Crippen molar-refractivity contribution in [2.24, 2.45) is 0 Å². The monoisotopic (exact) mass is 200 g/mol. The summed E-state index contributed by atoms with van der Waals surface area (Å²) in [6, 6.07) is 5.87. The maximum Gasteiger partial charge on any atom is 0.0435 e. The van der Waals surface area contributed by atoms with E-state index in [9.17, 15) is 0 Å². The molecule has 0 saturated carbocycles. The number of aryl methyl sites for hydroxylation is 1. The van der Waals surface area contributed by atoms with Crippen LogP contribution in [0.4, 0.5) is 0 Å². The van der Waals surface area contributed by atoms with Crippen LogP contribution in [0, 0.1) is 6.92 Å². The van der Waals surface area contributed by atoms with Crippen molar-refractivity contribution in [3.63, 3.8) is 0 Å². The lowest BCUT2D eigenvalue weighted by molar-refractivity contribution is 1.23. The standard InChI is InChI=1S/C10H10Cl2/c1-7-5-9(6-8(2)11)3-4-10(7)12/h3-5H,2,6H2,1H3. The minimum Gasteiger partial charge on any atom is -0.0894 e. The van der Waals surface area contributed by atoms with Crippen molar-refractivity contribution in [3.05, 3.63) is 46.0 Å². The number of rotatable bonds is 2. The highest BCUT2D eigenvalue weighted by Gasteiger charge is 1.98. The van der Waals surface area contributed by atoms with E-state index in [-0.39, 0.29) is 0 Å². The van der Waals surface area contributed by atoms with E-state index >= 15 is 0 Å². The molecule has 0 bridgehead atoms. The molecule has 1 aromatic rings. The van der Waals surface area contributed by atoms with Gasteiger partial charge in [-0.3, -0.25) is 0 Å². The molecule has 0 atom stereocenters. The van der Waals surface area contributed by atoms with Crippen LogP contribution >= 0.6 is 23.2 Å². The van der Waals surface area contributed by atoms with Crippen LogP contribution in [0.15, 0.2) is 29.8 Å². The minimum atomic E-state index is 0.650. The van der Waals surface area contributed by atoms with Gasteiger partial charge in [0.05, 0.1) is 0 Å². The molecule has 0 aromatic heterocycles. The van der Waals surface area contributed by atoms with Gasteiger partial charge in [-0.2, -0.15) is 0 Å². The second kappa shape index (κ2) is 3.97. The van der Waals surface area contributed by atoms with Crippen molar-refractivity contribution in [1.29, 1.82) is 0 Å². The Morgan fingerprint density at radius 1 is 1.50 bits per heavy atom. The average molecular weight is 201 g/mol. The summed E-state index contributed by atoms with van der Waals surface area (Å²) in [5, 5.41) is 1.44. The molecule has 0 aliphatic heterocycles. The number of hydrogen-bond acceptors (Lipinski definition) is 0. The maximum absolute atomic E-state index is 5.86. The molecule has 0 radical (unpaired) electrons. The lowest BCUT2D eigenvalue weighted by Gasteiger charge is -2.02. The summed E-state index contributed by atoms with van der Waals surface area (Å²) in [5.74, 6) is 0. The fourth-order valence-electron chi connectivity index (χ4n) is 1.04. The van der Waals surface area contributed by atoms with E-state index in [1.54, 1.807) is 0 Å². The molecule has 2 heteroatoms. The van der Waals surface area contributed by atoms with E-state index in [1.165, 1.54) is 0 Å². The lowest BCUT2D eigenvalue weighted by atomic mass is 10.1. The molecule has 0 heterocycles. The Morgan fingerprint density at radius 3 is 2.67 bits per heavy atom. The first-order valence-corrected chi connectivity index (χ1v) is 4.43. The molecule has 1 rings (SSSR count). The maximum atomic E-state index is 5.86. The van der Waals surface area contributed by atoms with Crippen molar-refractivity contribution >= 4 is 23.2 Å². The summed E-state index contributed by atoms with van der Waals surface area (Å²) in [4.78, 5) is 0. The molecule has 12 heavy (non-hydrogen) atoms. The first kappa shape index (κ1) is 9.63. The van der Waals surface area contributed by atoms with Gasteiger partial charge in [-0.25, -0.2) is 0 Å². The molecule has 1 aromatic carbocycles. The van der Waals surface area contributed by atoms with Crippen LogP contribution in [0.3, 0.4) is 0 Å². The highest BCUT2D eigenvalue weighted by molar-refractivity contribution is 6.31. The van der Waals surface area contributed by atoms with Gasteiger partial charge in [-0.05, 0) is 24.1 Å². The van der Waals surface area contributed by atoms with Crippen LogP contribution in [0.1, 0.15) is 11.1 Å². The third-order valence-electron chi connectivity index (χ3n) is 1.62. The van der Waals surface area contributed by atoms with Gasteiger partial charge >= 0.3 is 0 Å². The summed E-state index contributed by atoms with van der Waals surface area (Å²) in [7, 11) is 0. The zero-order valence-electron chi connectivity index (χ0n) is 6.90. The zero-order chi connectivity index (χ0) is 9.14. The van der Waals surface area contributed by atoms with Crippen molar-refractivity contribution in [3.8, 4) is 0 Å². The molecule has 0 N–H and O–H groups in total. The van der Waals surface area contributed by atoms with Gasteiger partial charge in [0, 0.05) is 16.5 Å². The van der Waals surface area contributed by atoms with E-state index < -0.39 is 0 Å². The predicted octanol–water partition coefficient (Wildman–Crippen LogP) is 3.94. The van der Waals surface area contributed by atoms with Gasteiger partial charge in [0.25, 0.3) is 0 Å². The molecule has 0 unspecified atom stereocenters. The molecular weight excluding hydrogens is 191 g/mol. The summed E-state index contributed by atoms with van der Waals surface area (Å²) in [5.41, 5.74) is 2.23. The van der Waals surface area contributed by atoms with Gasteiger partial charge < -0.3 is 0 Å². The third-order valence-corrected chi connectivity index (χ3v) is 2.18. The Kier molecular flexibility index (Phi) is 3.19. The summed E-state index contributed by atoms with van der Waals surface area (Å²) in [6.45, 7) is 5.61. The second-order valence-electron chi connectivity index (χ2n) is 2.78. The highest BCUT2D eigenvalue weighted by Crippen LogP contribution is 2.18. The molecule has 0 amide bonds. The van der Waals surface area contributed by atoms with Crippen LogP contribution < -0.4 is 0 Å². The SMILES string of the molecule is C=C(Cl)Cc1ccc(Cl)c(C)c1. The summed E-state index contributed by atoms with van der Waals surface area (Å²) >= 11 is 11.5. The number of allylic oxidation sites excluding steroid dienone is 1. The van der Waals surface area contributed by atoms with E-state index in [0.717, 1.165) is 16.1 Å². The number of benzene rings is 1. The Hall–Kier alpha value is -0.460.